The summed E-state index contributed by atoms with van der Waals surface area (Å²) in [6.45, 7) is 1.76. The third-order valence-electron chi connectivity index (χ3n) is 2.81. The molecule has 0 aliphatic rings. The van der Waals surface area contributed by atoms with Crippen molar-refractivity contribution in [1.82, 2.24) is 0 Å². The molecule has 104 valence electrons. The first-order valence-electron chi connectivity index (χ1n) is 5.79. The van der Waals surface area contributed by atoms with Crippen molar-refractivity contribution >= 4 is 33.2 Å². The molecule has 0 spiro atoms. The van der Waals surface area contributed by atoms with E-state index >= 15 is 0 Å². The average molecular weight is 357 g/mol. The van der Waals surface area contributed by atoms with Gasteiger partial charge in [-0.25, -0.2) is 0 Å². The first-order valence-corrected chi connectivity index (χ1v) is 7.29. The van der Waals surface area contributed by atoms with E-state index in [9.17, 15) is 10.1 Å². The standard InChI is InChI=1S/C14H11BrClNO3/c1-9-4-2-6-12(17(18)19)14(9)20-13-7-3-5-11(16)10(13)8-15/h2-7H,8H2,1H3. The number of nitro benzene ring substituents is 1. The SMILES string of the molecule is Cc1cccc([N+](=O)[O-])c1Oc1cccc(Cl)c1CBr. The minimum atomic E-state index is -0.458. The summed E-state index contributed by atoms with van der Waals surface area (Å²) in [7, 11) is 0. The van der Waals surface area contributed by atoms with Crippen LogP contribution in [0.4, 0.5) is 5.69 Å². The van der Waals surface area contributed by atoms with Crippen molar-refractivity contribution < 1.29 is 9.66 Å². The Bertz CT molecular complexity index is 661. The highest BCUT2D eigenvalue weighted by Gasteiger charge is 2.19. The quantitative estimate of drug-likeness (QED) is 0.427. The highest BCUT2D eigenvalue weighted by molar-refractivity contribution is 9.08. The second kappa shape index (κ2) is 6.24. The number of alkyl halides is 1. The molecule has 0 amide bonds. The van der Waals surface area contributed by atoms with Gasteiger partial charge in [0, 0.05) is 22.0 Å². The first-order chi connectivity index (χ1) is 9.54. The summed E-state index contributed by atoms with van der Waals surface area (Å²) in [5.41, 5.74) is 1.39. The molecule has 0 heterocycles. The van der Waals surface area contributed by atoms with Gasteiger partial charge >= 0.3 is 5.69 Å². The Labute approximate surface area is 129 Å². The van der Waals surface area contributed by atoms with Gasteiger partial charge < -0.3 is 4.74 Å². The van der Waals surface area contributed by atoms with Crippen LogP contribution in [-0.4, -0.2) is 4.92 Å². The maximum atomic E-state index is 11.1. The Morgan fingerprint density at radius 1 is 1.30 bits per heavy atom. The predicted molar refractivity (Wildman–Crippen MR) is 82.0 cm³/mol. The smallest absolute Gasteiger partial charge is 0.311 e. The third kappa shape index (κ3) is 2.94. The lowest BCUT2D eigenvalue weighted by molar-refractivity contribution is -0.385. The fourth-order valence-corrected chi connectivity index (χ4v) is 2.76. The van der Waals surface area contributed by atoms with E-state index in [0.717, 1.165) is 5.56 Å². The van der Waals surface area contributed by atoms with Crippen LogP contribution in [0.2, 0.25) is 5.02 Å². The number of aryl methyl sites for hydroxylation is 1. The van der Waals surface area contributed by atoms with E-state index in [0.29, 0.717) is 21.7 Å². The molecule has 0 radical (unpaired) electrons. The zero-order chi connectivity index (χ0) is 14.7. The molecule has 2 aromatic carbocycles. The normalized spacial score (nSPS) is 10.3. The number of hydrogen-bond donors (Lipinski definition) is 0. The van der Waals surface area contributed by atoms with Gasteiger partial charge in [-0.15, -0.1) is 0 Å². The second-order valence-electron chi connectivity index (χ2n) is 4.13. The summed E-state index contributed by atoms with van der Waals surface area (Å²) >= 11 is 9.43. The number of ether oxygens (including phenoxy) is 1. The van der Waals surface area contributed by atoms with Crippen molar-refractivity contribution in [3.8, 4) is 11.5 Å². The molecule has 4 nitrogen and oxygen atoms in total. The van der Waals surface area contributed by atoms with Crippen LogP contribution in [0, 0.1) is 17.0 Å². The molecule has 0 aliphatic heterocycles. The summed E-state index contributed by atoms with van der Waals surface area (Å²) in [5.74, 6) is 0.744. The lowest BCUT2D eigenvalue weighted by atomic mass is 10.2. The van der Waals surface area contributed by atoms with E-state index < -0.39 is 4.92 Å². The Hall–Kier alpha value is -1.59. The summed E-state index contributed by atoms with van der Waals surface area (Å²) in [6.07, 6.45) is 0. The zero-order valence-electron chi connectivity index (χ0n) is 10.6. The van der Waals surface area contributed by atoms with Crippen LogP contribution in [0.15, 0.2) is 36.4 Å². The van der Waals surface area contributed by atoms with Crippen molar-refractivity contribution in [2.24, 2.45) is 0 Å². The van der Waals surface area contributed by atoms with Gasteiger partial charge in [0.25, 0.3) is 0 Å². The fourth-order valence-electron chi connectivity index (χ4n) is 1.79. The highest BCUT2D eigenvalue weighted by atomic mass is 79.9. The summed E-state index contributed by atoms with van der Waals surface area (Å²) in [5, 5.41) is 12.1. The van der Waals surface area contributed by atoms with Gasteiger partial charge in [-0.2, -0.15) is 0 Å². The molecule has 0 atom stereocenters. The molecule has 2 rings (SSSR count). The monoisotopic (exact) mass is 355 g/mol. The first kappa shape index (κ1) is 14.8. The zero-order valence-corrected chi connectivity index (χ0v) is 12.9. The number of rotatable bonds is 4. The molecule has 20 heavy (non-hydrogen) atoms. The average Bonchev–Trinajstić information content (AvgIpc) is 2.41. The molecular formula is C14H11BrClNO3. The maximum Gasteiger partial charge on any atom is 0.311 e. The number of para-hydroxylation sites is 1. The summed E-state index contributed by atoms with van der Waals surface area (Å²) < 4.78 is 5.75. The van der Waals surface area contributed by atoms with Crippen LogP contribution in [-0.2, 0) is 5.33 Å². The molecule has 0 aliphatic carbocycles. The number of hydrogen-bond acceptors (Lipinski definition) is 3. The Morgan fingerprint density at radius 2 is 2.00 bits per heavy atom. The van der Waals surface area contributed by atoms with Gasteiger partial charge in [0.1, 0.15) is 5.75 Å². The molecule has 0 fully saturated rings. The van der Waals surface area contributed by atoms with Gasteiger partial charge in [-0.1, -0.05) is 45.7 Å². The maximum absolute atomic E-state index is 11.1. The van der Waals surface area contributed by atoms with Gasteiger partial charge in [-0.3, -0.25) is 10.1 Å². The largest absolute Gasteiger partial charge is 0.449 e. The number of halogens is 2. The van der Waals surface area contributed by atoms with E-state index in [1.807, 2.05) is 0 Å². The van der Waals surface area contributed by atoms with Gasteiger partial charge in [0.2, 0.25) is 5.75 Å². The van der Waals surface area contributed by atoms with Crippen LogP contribution < -0.4 is 4.74 Å². The van der Waals surface area contributed by atoms with E-state index in [1.165, 1.54) is 6.07 Å². The number of nitrogens with zero attached hydrogens (tertiary/aromatic N) is 1. The minimum Gasteiger partial charge on any atom is -0.449 e. The lowest BCUT2D eigenvalue weighted by Gasteiger charge is -2.12. The van der Waals surface area contributed by atoms with Crippen molar-refractivity contribution in [1.29, 1.82) is 0 Å². The number of nitro groups is 1. The van der Waals surface area contributed by atoms with Crippen LogP contribution in [0.25, 0.3) is 0 Å². The number of benzene rings is 2. The Kier molecular flexibility index (Phi) is 4.62. The van der Waals surface area contributed by atoms with Gasteiger partial charge in [-0.05, 0) is 24.6 Å². The van der Waals surface area contributed by atoms with Crippen molar-refractivity contribution in [3.63, 3.8) is 0 Å². The van der Waals surface area contributed by atoms with E-state index in [2.05, 4.69) is 15.9 Å². The molecule has 0 saturated carbocycles. The van der Waals surface area contributed by atoms with E-state index in [-0.39, 0.29) is 11.4 Å². The molecule has 2 aromatic rings. The second-order valence-corrected chi connectivity index (χ2v) is 5.10. The third-order valence-corrected chi connectivity index (χ3v) is 3.72. The molecule has 0 unspecified atom stereocenters. The molecule has 0 N–H and O–H groups in total. The van der Waals surface area contributed by atoms with E-state index in [1.54, 1.807) is 37.3 Å². The van der Waals surface area contributed by atoms with Crippen molar-refractivity contribution in [2.45, 2.75) is 12.3 Å². The highest BCUT2D eigenvalue weighted by Crippen LogP contribution is 2.38. The van der Waals surface area contributed by atoms with Crippen molar-refractivity contribution in [3.05, 3.63) is 62.7 Å². The minimum absolute atomic E-state index is 0.0644. The summed E-state index contributed by atoms with van der Waals surface area (Å²) in [4.78, 5) is 10.6. The Balaban J connectivity index is 2.50. The molecule has 0 saturated heterocycles. The predicted octanol–water partition coefficient (Wildman–Crippen LogP) is 5.24. The van der Waals surface area contributed by atoms with Crippen LogP contribution in [0.3, 0.4) is 0 Å². The summed E-state index contributed by atoms with van der Waals surface area (Å²) in [6, 6.07) is 10.0. The van der Waals surface area contributed by atoms with Crippen LogP contribution >= 0.6 is 27.5 Å². The topological polar surface area (TPSA) is 52.4 Å². The molecule has 6 heteroatoms. The fraction of sp³-hybridized carbons (Fsp3) is 0.143. The Morgan fingerprint density at radius 3 is 2.65 bits per heavy atom. The molecular weight excluding hydrogens is 346 g/mol. The molecule has 0 bridgehead atoms. The van der Waals surface area contributed by atoms with E-state index in [4.69, 9.17) is 16.3 Å². The molecule has 0 aromatic heterocycles. The van der Waals surface area contributed by atoms with Gasteiger partial charge in [0.05, 0.1) is 4.92 Å². The van der Waals surface area contributed by atoms with Crippen LogP contribution in [0.1, 0.15) is 11.1 Å². The van der Waals surface area contributed by atoms with Crippen LogP contribution in [0.5, 0.6) is 11.5 Å². The van der Waals surface area contributed by atoms with Gasteiger partial charge in [0.15, 0.2) is 0 Å². The van der Waals surface area contributed by atoms with Crippen molar-refractivity contribution in [2.75, 3.05) is 0 Å². The lowest BCUT2D eigenvalue weighted by Crippen LogP contribution is -1.97.